The molecule has 4 amide bonds. The number of ether oxygens (including phenoxy) is 4. The number of nitrogens with one attached hydrogen (secondary N) is 4. The van der Waals surface area contributed by atoms with Crippen LogP contribution in [0.4, 0.5) is 0 Å². The second-order valence-electron chi connectivity index (χ2n) is 12.1. The first kappa shape index (κ1) is 46.7. The van der Waals surface area contributed by atoms with Crippen LogP contribution >= 0.6 is 0 Å². The molecule has 0 bridgehead atoms. The van der Waals surface area contributed by atoms with Gasteiger partial charge < -0.3 is 50.4 Å². The molecule has 0 saturated carbocycles. The summed E-state index contributed by atoms with van der Waals surface area (Å²) in [6.45, 7) is 3.85. The van der Waals surface area contributed by atoms with Crippen molar-refractivity contribution < 1.29 is 57.9 Å². The van der Waals surface area contributed by atoms with Gasteiger partial charge in [0, 0.05) is 46.0 Å². The Morgan fingerprint density at radius 2 is 1.04 bits per heavy atom. The van der Waals surface area contributed by atoms with Crippen molar-refractivity contribution in [3.05, 3.63) is 0 Å². The molecule has 50 heavy (non-hydrogen) atoms. The summed E-state index contributed by atoms with van der Waals surface area (Å²) in [6, 6.07) is -1.17. The average Bonchev–Trinajstić information content (AvgIpc) is 3.07. The number of hydrogen-bond donors (Lipinski definition) is 6. The highest BCUT2D eigenvalue weighted by Crippen LogP contribution is 2.13. The van der Waals surface area contributed by atoms with Crippen LogP contribution < -0.4 is 21.3 Å². The van der Waals surface area contributed by atoms with Crippen LogP contribution in [-0.2, 0) is 47.7 Å². The van der Waals surface area contributed by atoms with E-state index in [2.05, 4.69) is 21.3 Å². The number of likely N-dealkylation sites (N-methyl/N-ethyl adjacent to an activating group) is 1. The third-order valence-electron chi connectivity index (χ3n) is 7.55. The van der Waals surface area contributed by atoms with Crippen LogP contribution in [0.5, 0.6) is 0 Å². The van der Waals surface area contributed by atoms with Crippen LogP contribution in [-0.4, -0.2) is 125 Å². The second kappa shape index (κ2) is 32.8. The number of aliphatic carboxylic acids is 2. The Kier molecular flexibility index (Phi) is 30.6. The minimum absolute atomic E-state index is 0.0107. The largest absolute Gasteiger partial charge is 0.481 e. The molecule has 0 aromatic carbocycles. The normalized spacial score (nSPS) is 12.1. The van der Waals surface area contributed by atoms with Crippen molar-refractivity contribution in [2.75, 3.05) is 73.0 Å². The average molecular weight is 719 g/mol. The lowest BCUT2D eigenvalue weighted by atomic mass is 9.97. The number of unbranched alkanes of at least 4 members (excludes halogenated alkanes) is 9. The molecular weight excluding hydrogens is 656 g/mol. The zero-order chi connectivity index (χ0) is 37.2. The van der Waals surface area contributed by atoms with Gasteiger partial charge in [0.1, 0.15) is 19.3 Å². The van der Waals surface area contributed by atoms with Crippen molar-refractivity contribution in [2.24, 2.45) is 5.92 Å². The van der Waals surface area contributed by atoms with E-state index in [4.69, 9.17) is 24.1 Å². The molecule has 0 aromatic heterocycles. The van der Waals surface area contributed by atoms with E-state index in [-0.39, 0.29) is 82.5 Å². The van der Waals surface area contributed by atoms with Gasteiger partial charge in [-0.1, -0.05) is 58.3 Å². The van der Waals surface area contributed by atoms with Gasteiger partial charge in [0.25, 0.3) is 0 Å². The van der Waals surface area contributed by atoms with E-state index < -0.39 is 23.9 Å². The molecule has 16 nitrogen and oxygen atoms in total. The monoisotopic (exact) mass is 718 g/mol. The quantitative estimate of drug-likeness (QED) is 0.0516. The molecule has 0 aliphatic heterocycles. The third-order valence-corrected chi connectivity index (χ3v) is 7.55. The zero-order valence-electron chi connectivity index (χ0n) is 30.1. The maximum absolute atomic E-state index is 12.4. The minimum Gasteiger partial charge on any atom is -0.481 e. The number of carboxylic acid groups (broad SMARTS) is 2. The summed E-state index contributed by atoms with van der Waals surface area (Å²) in [5, 5.41) is 28.6. The third kappa shape index (κ3) is 30.7. The fourth-order valence-corrected chi connectivity index (χ4v) is 4.71. The molecule has 0 spiro atoms. The van der Waals surface area contributed by atoms with Gasteiger partial charge in [0.2, 0.25) is 23.6 Å². The van der Waals surface area contributed by atoms with E-state index in [1.165, 1.54) is 7.05 Å². The van der Waals surface area contributed by atoms with Crippen molar-refractivity contribution in [1.82, 2.24) is 21.3 Å². The molecule has 0 heterocycles. The van der Waals surface area contributed by atoms with Crippen molar-refractivity contribution in [2.45, 2.75) is 103 Å². The number of carbonyl (C=O) groups excluding carboxylic acids is 4. The summed E-state index contributed by atoms with van der Waals surface area (Å²) in [5.41, 5.74) is 0. The minimum atomic E-state index is -1.19. The summed E-state index contributed by atoms with van der Waals surface area (Å²) in [4.78, 5) is 69.7. The van der Waals surface area contributed by atoms with Crippen LogP contribution in [0.25, 0.3) is 0 Å². The number of rotatable bonds is 35. The SMILES string of the molecule is CNC(=O)COCCOCCCNC(=O)COCCOCCNC(=O)CC(C)C(NC(=O)CCCCCCCCCCCCC(=O)O)C(=O)O. The van der Waals surface area contributed by atoms with Crippen molar-refractivity contribution >= 4 is 35.6 Å². The molecule has 0 saturated heterocycles. The van der Waals surface area contributed by atoms with Crippen molar-refractivity contribution in [3.63, 3.8) is 0 Å². The lowest BCUT2D eigenvalue weighted by molar-refractivity contribution is -0.143. The van der Waals surface area contributed by atoms with E-state index in [1.54, 1.807) is 6.92 Å². The van der Waals surface area contributed by atoms with Gasteiger partial charge in [-0.2, -0.15) is 0 Å². The molecule has 0 rings (SSSR count). The number of carboxylic acids is 2. The van der Waals surface area contributed by atoms with Gasteiger partial charge in [-0.15, -0.1) is 0 Å². The van der Waals surface area contributed by atoms with Gasteiger partial charge in [0.15, 0.2) is 0 Å². The first-order valence-electron chi connectivity index (χ1n) is 17.9. The molecule has 2 atom stereocenters. The first-order chi connectivity index (χ1) is 24.1. The lowest BCUT2D eigenvalue weighted by Gasteiger charge is -2.21. The molecule has 0 aliphatic rings. The van der Waals surface area contributed by atoms with Crippen LogP contribution in [0, 0.1) is 5.92 Å². The van der Waals surface area contributed by atoms with Crippen LogP contribution in [0.15, 0.2) is 0 Å². The molecule has 2 unspecified atom stereocenters. The molecule has 0 fully saturated rings. The lowest BCUT2D eigenvalue weighted by Crippen LogP contribution is -2.46. The number of amides is 4. The summed E-state index contributed by atoms with van der Waals surface area (Å²) in [6.07, 6.45) is 10.7. The van der Waals surface area contributed by atoms with Crippen LogP contribution in [0.1, 0.15) is 96.8 Å². The van der Waals surface area contributed by atoms with E-state index in [9.17, 15) is 33.9 Å². The van der Waals surface area contributed by atoms with Gasteiger partial charge in [-0.05, 0) is 25.2 Å². The molecule has 6 N–H and O–H groups in total. The Labute approximate surface area is 296 Å². The van der Waals surface area contributed by atoms with Gasteiger partial charge in [-0.3, -0.25) is 24.0 Å². The standard InChI is InChI=1S/C34H62N4O12/c1-27(33(34(45)46)38-28(39)14-11-9-7-5-3-4-6-8-10-12-15-32(43)44)24-29(40)37-17-19-48-21-23-50-26-31(42)36-16-13-18-47-20-22-49-25-30(41)35-2/h27,33H,3-26H2,1-2H3,(H,35,41)(H,36,42)(H,37,40)(H,38,39)(H,43,44)(H,45,46). The fraction of sp³-hybridized carbons (Fsp3) is 0.824. The second-order valence-corrected chi connectivity index (χ2v) is 12.1. The van der Waals surface area contributed by atoms with E-state index in [1.807, 2.05) is 0 Å². The maximum atomic E-state index is 12.4. The van der Waals surface area contributed by atoms with E-state index in [0.29, 0.717) is 39.2 Å². The summed E-state index contributed by atoms with van der Waals surface area (Å²) >= 11 is 0. The van der Waals surface area contributed by atoms with E-state index in [0.717, 1.165) is 57.8 Å². The predicted molar refractivity (Wildman–Crippen MR) is 184 cm³/mol. The van der Waals surface area contributed by atoms with E-state index >= 15 is 0 Å². The van der Waals surface area contributed by atoms with Gasteiger partial charge in [0.05, 0.1) is 33.0 Å². The highest BCUT2D eigenvalue weighted by atomic mass is 16.5. The van der Waals surface area contributed by atoms with Crippen LogP contribution in [0.3, 0.4) is 0 Å². The molecule has 0 aliphatic carbocycles. The topological polar surface area (TPSA) is 228 Å². The highest BCUT2D eigenvalue weighted by Gasteiger charge is 2.28. The van der Waals surface area contributed by atoms with Gasteiger partial charge >= 0.3 is 11.9 Å². The molecule has 0 aromatic rings. The molecule has 290 valence electrons. The predicted octanol–water partition coefficient (Wildman–Crippen LogP) is 1.78. The Hall–Kier alpha value is -3.34. The molecule has 0 radical (unpaired) electrons. The number of carbonyl (C=O) groups is 6. The summed E-state index contributed by atoms with van der Waals surface area (Å²) < 4.78 is 21.1. The molecule has 16 heteroatoms. The fourth-order valence-electron chi connectivity index (χ4n) is 4.71. The van der Waals surface area contributed by atoms with Crippen molar-refractivity contribution in [3.8, 4) is 0 Å². The Morgan fingerprint density at radius 3 is 1.60 bits per heavy atom. The van der Waals surface area contributed by atoms with Gasteiger partial charge in [-0.25, -0.2) is 4.79 Å². The first-order valence-corrected chi connectivity index (χ1v) is 17.9. The Bertz CT molecular complexity index is 953. The smallest absolute Gasteiger partial charge is 0.326 e. The Morgan fingerprint density at radius 1 is 0.540 bits per heavy atom. The van der Waals surface area contributed by atoms with Crippen LogP contribution in [0.2, 0.25) is 0 Å². The van der Waals surface area contributed by atoms with Crippen molar-refractivity contribution in [1.29, 1.82) is 0 Å². The molecular formula is C34H62N4O12. The maximum Gasteiger partial charge on any atom is 0.326 e. The summed E-state index contributed by atoms with van der Waals surface area (Å²) in [7, 11) is 1.53. The highest BCUT2D eigenvalue weighted by molar-refractivity contribution is 5.84. The number of hydrogen-bond acceptors (Lipinski definition) is 10. The summed E-state index contributed by atoms with van der Waals surface area (Å²) in [5.74, 6) is -3.71. The Balaban J connectivity index is 3.80. The zero-order valence-corrected chi connectivity index (χ0v) is 30.1.